The first-order chi connectivity index (χ1) is 11.3. The van der Waals surface area contributed by atoms with Crippen LogP contribution in [0.2, 0.25) is 0 Å². The van der Waals surface area contributed by atoms with Crippen LogP contribution in [0.5, 0.6) is 5.75 Å². The molecule has 0 aliphatic heterocycles. The van der Waals surface area contributed by atoms with Crippen molar-refractivity contribution in [1.29, 1.82) is 0 Å². The fourth-order valence-corrected chi connectivity index (χ4v) is 2.21. The summed E-state index contributed by atoms with van der Waals surface area (Å²) in [5.74, 6) is 0.171. The molecule has 0 unspecified atom stereocenters. The molecule has 1 aromatic heterocycles. The summed E-state index contributed by atoms with van der Waals surface area (Å²) < 4.78 is 40.7. The molecule has 8 nitrogen and oxygen atoms in total. The van der Waals surface area contributed by atoms with E-state index in [1.807, 2.05) is 26.0 Å². The molecule has 24 heavy (non-hydrogen) atoms. The minimum atomic E-state index is -4.41. The van der Waals surface area contributed by atoms with Gasteiger partial charge in [0.25, 0.3) is 5.91 Å². The first-order valence-corrected chi connectivity index (χ1v) is 8.29. The number of rotatable bonds is 6. The summed E-state index contributed by atoms with van der Waals surface area (Å²) in [6.45, 7) is 3.61. The summed E-state index contributed by atoms with van der Waals surface area (Å²) in [5.41, 5.74) is 4.22. The molecule has 1 heterocycles. The van der Waals surface area contributed by atoms with Crippen LogP contribution in [0.25, 0.3) is 0 Å². The standard InChI is InChI=1S/C15H16N2O6S/c1-10-4-3-5-13(11(10)2)22-9-14(18)17-16-8-12-6-7-15(23-12)24(19,20)21/h3-8H,9H2,1-2H3,(H,17,18)(H,19,20,21)/b16-8-. The second-order valence-electron chi connectivity index (χ2n) is 4.91. The molecule has 9 heteroatoms. The number of hydrazone groups is 1. The van der Waals surface area contributed by atoms with Crippen molar-refractivity contribution in [2.45, 2.75) is 18.9 Å². The zero-order valence-electron chi connectivity index (χ0n) is 13.0. The molecular formula is C15H16N2O6S. The SMILES string of the molecule is Cc1cccc(OCC(=O)N/N=C\c2ccc(S(=O)(=O)O)o2)c1C. The Morgan fingerprint density at radius 2 is 2.08 bits per heavy atom. The lowest BCUT2D eigenvalue weighted by Gasteiger charge is -2.09. The summed E-state index contributed by atoms with van der Waals surface area (Å²) in [6, 6.07) is 7.89. The zero-order chi connectivity index (χ0) is 17.7. The third kappa shape index (κ3) is 4.67. The maximum Gasteiger partial charge on any atom is 0.328 e. The third-order valence-corrected chi connectivity index (χ3v) is 3.88. The van der Waals surface area contributed by atoms with Gasteiger partial charge in [-0.15, -0.1) is 0 Å². The molecule has 0 fully saturated rings. The van der Waals surface area contributed by atoms with Crippen LogP contribution >= 0.6 is 0 Å². The Bertz CT molecular complexity index is 870. The number of carbonyl (C=O) groups is 1. The smallest absolute Gasteiger partial charge is 0.328 e. The van der Waals surface area contributed by atoms with Gasteiger partial charge in [0.1, 0.15) is 11.5 Å². The van der Waals surface area contributed by atoms with Crippen LogP contribution in [-0.4, -0.2) is 31.7 Å². The Morgan fingerprint density at radius 3 is 2.75 bits per heavy atom. The van der Waals surface area contributed by atoms with Crippen molar-refractivity contribution in [3.63, 3.8) is 0 Å². The van der Waals surface area contributed by atoms with Crippen molar-refractivity contribution in [3.8, 4) is 5.75 Å². The minimum Gasteiger partial charge on any atom is -0.483 e. The number of aryl methyl sites for hydroxylation is 1. The van der Waals surface area contributed by atoms with E-state index in [-0.39, 0.29) is 12.4 Å². The van der Waals surface area contributed by atoms with Gasteiger partial charge in [0.2, 0.25) is 5.09 Å². The van der Waals surface area contributed by atoms with Gasteiger partial charge in [0.15, 0.2) is 6.61 Å². The molecule has 0 aliphatic carbocycles. The van der Waals surface area contributed by atoms with E-state index in [4.69, 9.17) is 13.7 Å². The molecule has 0 bridgehead atoms. The number of nitrogens with one attached hydrogen (secondary N) is 1. The predicted octanol–water partition coefficient (Wildman–Crippen LogP) is 1.67. The molecule has 0 saturated heterocycles. The fourth-order valence-electron chi connectivity index (χ4n) is 1.77. The Labute approximate surface area is 138 Å². The van der Waals surface area contributed by atoms with Crippen molar-refractivity contribution < 1.29 is 26.9 Å². The number of carbonyl (C=O) groups excluding carboxylic acids is 1. The molecule has 0 atom stereocenters. The minimum absolute atomic E-state index is 0.0540. The Hall–Kier alpha value is -2.65. The van der Waals surface area contributed by atoms with E-state index in [1.165, 1.54) is 6.07 Å². The Balaban J connectivity index is 1.87. The van der Waals surface area contributed by atoms with Gasteiger partial charge in [-0.1, -0.05) is 12.1 Å². The van der Waals surface area contributed by atoms with Crippen molar-refractivity contribution in [2.75, 3.05) is 6.61 Å². The van der Waals surface area contributed by atoms with Crippen LogP contribution in [0.15, 0.2) is 44.9 Å². The van der Waals surface area contributed by atoms with E-state index >= 15 is 0 Å². The first-order valence-electron chi connectivity index (χ1n) is 6.85. The number of benzene rings is 1. The molecular weight excluding hydrogens is 336 g/mol. The summed E-state index contributed by atoms with van der Waals surface area (Å²) in [7, 11) is -4.41. The van der Waals surface area contributed by atoms with Gasteiger partial charge in [-0.25, -0.2) is 5.43 Å². The quantitative estimate of drug-likeness (QED) is 0.464. The normalized spacial score (nSPS) is 11.6. The van der Waals surface area contributed by atoms with Gasteiger partial charge < -0.3 is 9.15 Å². The summed E-state index contributed by atoms with van der Waals surface area (Å²) in [6.07, 6.45) is 1.10. The van der Waals surface area contributed by atoms with Gasteiger partial charge in [-0.3, -0.25) is 9.35 Å². The molecule has 2 N–H and O–H groups in total. The number of nitrogens with zero attached hydrogens (tertiary/aromatic N) is 1. The van der Waals surface area contributed by atoms with Gasteiger partial charge in [-0.2, -0.15) is 13.5 Å². The van der Waals surface area contributed by atoms with E-state index in [0.717, 1.165) is 23.4 Å². The van der Waals surface area contributed by atoms with Crippen LogP contribution in [0.4, 0.5) is 0 Å². The highest BCUT2D eigenvalue weighted by atomic mass is 32.2. The number of amides is 1. The van der Waals surface area contributed by atoms with E-state index in [9.17, 15) is 13.2 Å². The monoisotopic (exact) mass is 352 g/mol. The van der Waals surface area contributed by atoms with Crippen LogP contribution < -0.4 is 10.2 Å². The molecule has 0 saturated carbocycles. The highest BCUT2D eigenvalue weighted by molar-refractivity contribution is 7.85. The van der Waals surface area contributed by atoms with Crippen LogP contribution in [0.1, 0.15) is 16.9 Å². The topological polar surface area (TPSA) is 118 Å². The van der Waals surface area contributed by atoms with Crippen molar-refractivity contribution in [3.05, 3.63) is 47.2 Å². The van der Waals surface area contributed by atoms with Gasteiger partial charge in [0.05, 0.1) is 6.21 Å². The molecule has 128 valence electrons. The molecule has 0 radical (unpaired) electrons. The summed E-state index contributed by atoms with van der Waals surface area (Å²) >= 11 is 0. The number of ether oxygens (including phenoxy) is 1. The lowest BCUT2D eigenvalue weighted by atomic mass is 10.1. The van der Waals surface area contributed by atoms with Crippen LogP contribution in [-0.2, 0) is 14.9 Å². The lowest BCUT2D eigenvalue weighted by Crippen LogP contribution is -2.24. The highest BCUT2D eigenvalue weighted by Gasteiger charge is 2.14. The zero-order valence-corrected chi connectivity index (χ0v) is 13.8. The highest BCUT2D eigenvalue weighted by Crippen LogP contribution is 2.20. The second-order valence-corrected chi connectivity index (χ2v) is 6.26. The van der Waals surface area contributed by atoms with E-state index < -0.39 is 21.1 Å². The average molecular weight is 352 g/mol. The second kappa shape index (κ2) is 7.28. The molecule has 2 rings (SSSR count). The van der Waals surface area contributed by atoms with Gasteiger partial charge in [-0.05, 0) is 43.2 Å². The number of furan rings is 1. The maximum absolute atomic E-state index is 11.7. The van der Waals surface area contributed by atoms with Crippen LogP contribution in [0.3, 0.4) is 0 Å². The summed E-state index contributed by atoms with van der Waals surface area (Å²) in [5, 5.41) is 3.01. The van der Waals surface area contributed by atoms with Gasteiger partial charge in [0, 0.05) is 0 Å². The molecule has 1 aromatic carbocycles. The van der Waals surface area contributed by atoms with Crippen LogP contribution in [0, 0.1) is 13.8 Å². The average Bonchev–Trinajstić information content (AvgIpc) is 2.98. The van der Waals surface area contributed by atoms with E-state index in [2.05, 4.69) is 10.5 Å². The van der Waals surface area contributed by atoms with E-state index in [0.29, 0.717) is 5.75 Å². The molecule has 0 aliphatic rings. The van der Waals surface area contributed by atoms with E-state index in [1.54, 1.807) is 6.07 Å². The molecule has 1 amide bonds. The first kappa shape index (κ1) is 17.7. The third-order valence-electron chi connectivity index (χ3n) is 3.15. The lowest BCUT2D eigenvalue weighted by molar-refractivity contribution is -0.123. The molecule has 2 aromatic rings. The number of hydrogen-bond donors (Lipinski definition) is 2. The van der Waals surface area contributed by atoms with Gasteiger partial charge >= 0.3 is 10.1 Å². The van der Waals surface area contributed by atoms with Crippen molar-refractivity contribution in [2.24, 2.45) is 5.10 Å². The Kier molecular flexibility index (Phi) is 5.37. The molecule has 0 spiro atoms. The number of hydrogen-bond acceptors (Lipinski definition) is 6. The largest absolute Gasteiger partial charge is 0.483 e. The maximum atomic E-state index is 11.7. The summed E-state index contributed by atoms with van der Waals surface area (Å²) in [4.78, 5) is 11.7. The van der Waals surface area contributed by atoms with Crippen molar-refractivity contribution in [1.82, 2.24) is 5.43 Å². The predicted molar refractivity (Wildman–Crippen MR) is 85.7 cm³/mol. The van der Waals surface area contributed by atoms with Crippen molar-refractivity contribution >= 4 is 22.2 Å². The Morgan fingerprint density at radius 1 is 1.33 bits per heavy atom. The fraction of sp³-hybridized carbons (Fsp3) is 0.200.